The predicted octanol–water partition coefficient (Wildman–Crippen LogP) is 0.787. The van der Waals surface area contributed by atoms with Crippen molar-refractivity contribution in [3.05, 3.63) is 35.6 Å². The smallest absolute Gasteiger partial charge is 0.321 e. The Labute approximate surface area is 135 Å². The molecule has 1 fully saturated rings. The van der Waals surface area contributed by atoms with Crippen LogP contribution in [-0.2, 0) is 11.3 Å². The van der Waals surface area contributed by atoms with Gasteiger partial charge in [-0.1, -0.05) is 18.2 Å². The minimum absolute atomic E-state index is 0.187. The van der Waals surface area contributed by atoms with E-state index in [1.165, 1.54) is 13.1 Å². The Morgan fingerprint density at radius 2 is 1.87 bits per heavy atom. The van der Waals surface area contributed by atoms with Crippen LogP contribution in [0, 0.1) is 5.82 Å². The molecule has 0 spiro atoms. The number of piperazine rings is 1. The summed E-state index contributed by atoms with van der Waals surface area (Å²) in [6.45, 7) is 5.27. The van der Waals surface area contributed by atoms with Crippen LogP contribution in [0.2, 0.25) is 0 Å². The number of rotatable bonds is 4. The highest BCUT2D eigenvalue weighted by Gasteiger charge is 2.26. The lowest BCUT2D eigenvalue weighted by Gasteiger charge is -2.37. The van der Waals surface area contributed by atoms with E-state index in [9.17, 15) is 14.0 Å². The molecule has 0 saturated carbocycles. The maximum Gasteiger partial charge on any atom is 0.321 e. The molecule has 1 atom stereocenters. The molecule has 6 nitrogen and oxygen atoms in total. The quantitative estimate of drug-likeness (QED) is 0.860. The first-order valence-corrected chi connectivity index (χ1v) is 7.73. The van der Waals surface area contributed by atoms with E-state index < -0.39 is 6.03 Å². The van der Waals surface area contributed by atoms with Gasteiger partial charge in [0.1, 0.15) is 5.82 Å². The fraction of sp³-hybridized carbons (Fsp3) is 0.500. The van der Waals surface area contributed by atoms with Crippen molar-refractivity contribution in [2.75, 3.05) is 33.2 Å². The highest BCUT2D eigenvalue weighted by atomic mass is 19.1. The number of hydrogen-bond donors (Lipinski definition) is 2. The first kappa shape index (κ1) is 17.4. The van der Waals surface area contributed by atoms with Gasteiger partial charge >= 0.3 is 6.03 Å². The number of carbonyl (C=O) groups excluding carboxylic acids is 2. The van der Waals surface area contributed by atoms with Gasteiger partial charge in [-0.2, -0.15) is 0 Å². The average Bonchev–Trinajstić information content (AvgIpc) is 2.56. The molecule has 0 aromatic heterocycles. The van der Waals surface area contributed by atoms with E-state index in [1.54, 1.807) is 19.1 Å². The molecule has 2 N–H and O–H groups in total. The van der Waals surface area contributed by atoms with Gasteiger partial charge in [0, 0.05) is 45.3 Å². The Bertz CT molecular complexity index is 559. The Balaban J connectivity index is 1.82. The van der Waals surface area contributed by atoms with Crippen molar-refractivity contribution in [3.63, 3.8) is 0 Å². The van der Waals surface area contributed by atoms with Crippen LogP contribution in [0.25, 0.3) is 0 Å². The lowest BCUT2D eigenvalue weighted by atomic mass is 10.1. The van der Waals surface area contributed by atoms with Gasteiger partial charge in [-0.25, -0.2) is 9.18 Å². The Kier molecular flexibility index (Phi) is 6.06. The molecule has 2 rings (SSSR count). The normalized spacial score (nSPS) is 17.5. The number of nitrogens with one attached hydrogen (secondary N) is 2. The lowest BCUT2D eigenvalue weighted by molar-refractivity contribution is -0.125. The zero-order valence-corrected chi connectivity index (χ0v) is 13.5. The van der Waals surface area contributed by atoms with Gasteiger partial charge in [0.25, 0.3) is 0 Å². The minimum atomic E-state index is -0.500. The van der Waals surface area contributed by atoms with Crippen molar-refractivity contribution < 1.29 is 14.0 Å². The van der Waals surface area contributed by atoms with Gasteiger partial charge in [0.15, 0.2) is 0 Å². The molecular formula is C16H23FN4O2. The second-order valence-corrected chi connectivity index (χ2v) is 5.65. The van der Waals surface area contributed by atoms with Gasteiger partial charge in [-0.15, -0.1) is 0 Å². The van der Waals surface area contributed by atoms with Crippen molar-refractivity contribution in [1.82, 2.24) is 20.4 Å². The van der Waals surface area contributed by atoms with Gasteiger partial charge in [-0.3, -0.25) is 19.9 Å². The van der Waals surface area contributed by atoms with E-state index in [2.05, 4.69) is 15.5 Å². The second kappa shape index (κ2) is 8.03. The van der Waals surface area contributed by atoms with Crippen LogP contribution < -0.4 is 10.6 Å². The van der Waals surface area contributed by atoms with E-state index in [4.69, 9.17) is 0 Å². The van der Waals surface area contributed by atoms with E-state index in [-0.39, 0.29) is 17.8 Å². The van der Waals surface area contributed by atoms with Crippen molar-refractivity contribution in [2.45, 2.75) is 19.5 Å². The highest BCUT2D eigenvalue weighted by Crippen LogP contribution is 2.13. The number of benzene rings is 1. The van der Waals surface area contributed by atoms with E-state index in [1.807, 2.05) is 11.0 Å². The summed E-state index contributed by atoms with van der Waals surface area (Å²) in [5, 5.41) is 4.65. The molecule has 3 amide bonds. The first-order chi connectivity index (χ1) is 11.0. The van der Waals surface area contributed by atoms with E-state index in [0.717, 1.165) is 13.1 Å². The summed E-state index contributed by atoms with van der Waals surface area (Å²) in [4.78, 5) is 27.3. The van der Waals surface area contributed by atoms with Crippen LogP contribution in [0.3, 0.4) is 0 Å². The summed E-state index contributed by atoms with van der Waals surface area (Å²) < 4.78 is 13.7. The average molecular weight is 322 g/mol. The van der Waals surface area contributed by atoms with Gasteiger partial charge < -0.3 is 5.32 Å². The summed E-state index contributed by atoms with van der Waals surface area (Å²) in [6.07, 6.45) is 0. The molecule has 0 aliphatic carbocycles. The SMILES string of the molecule is CNC(=O)NC(=O)C(C)N1CCN(Cc2ccccc2F)CC1. The number of nitrogens with zero attached hydrogens (tertiary/aromatic N) is 2. The fourth-order valence-corrected chi connectivity index (χ4v) is 2.62. The molecule has 7 heteroatoms. The maximum absolute atomic E-state index is 13.7. The molecule has 1 unspecified atom stereocenters. The van der Waals surface area contributed by atoms with Crippen LogP contribution in [0.1, 0.15) is 12.5 Å². The molecule has 126 valence electrons. The fourth-order valence-electron chi connectivity index (χ4n) is 2.62. The Morgan fingerprint density at radius 3 is 2.48 bits per heavy atom. The standard InChI is InChI=1S/C16H23FN4O2/c1-12(15(22)19-16(23)18-2)21-9-7-20(8-10-21)11-13-5-3-4-6-14(13)17/h3-6,12H,7-11H2,1-2H3,(H2,18,19,22,23). The first-order valence-electron chi connectivity index (χ1n) is 7.73. The highest BCUT2D eigenvalue weighted by molar-refractivity contribution is 5.96. The third-order valence-corrected chi connectivity index (χ3v) is 4.15. The zero-order valence-electron chi connectivity index (χ0n) is 13.5. The number of hydrogen-bond acceptors (Lipinski definition) is 4. The maximum atomic E-state index is 13.7. The summed E-state index contributed by atoms with van der Waals surface area (Å²) in [5.41, 5.74) is 0.686. The number of halogens is 1. The van der Waals surface area contributed by atoms with Gasteiger partial charge in [0.05, 0.1) is 6.04 Å². The van der Waals surface area contributed by atoms with Crippen LogP contribution in [0.4, 0.5) is 9.18 Å². The summed E-state index contributed by atoms with van der Waals surface area (Å²) in [6, 6.07) is 5.91. The second-order valence-electron chi connectivity index (χ2n) is 5.65. The molecule has 1 saturated heterocycles. The Morgan fingerprint density at radius 1 is 1.22 bits per heavy atom. The third-order valence-electron chi connectivity index (χ3n) is 4.15. The number of imide groups is 1. The number of urea groups is 1. The van der Waals surface area contributed by atoms with Crippen molar-refractivity contribution in [3.8, 4) is 0 Å². The molecule has 0 radical (unpaired) electrons. The van der Waals surface area contributed by atoms with Crippen LogP contribution in [-0.4, -0.2) is 61.0 Å². The zero-order chi connectivity index (χ0) is 16.8. The molecule has 1 aromatic rings. The monoisotopic (exact) mass is 322 g/mol. The van der Waals surface area contributed by atoms with Crippen LogP contribution in [0.15, 0.2) is 24.3 Å². The van der Waals surface area contributed by atoms with Crippen LogP contribution in [0.5, 0.6) is 0 Å². The topological polar surface area (TPSA) is 64.7 Å². The van der Waals surface area contributed by atoms with Crippen molar-refractivity contribution in [2.24, 2.45) is 0 Å². The molecule has 23 heavy (non-hydrogen) atoms. The van der Waals surface area contributed by atoms with Gasteiger partial charge in [-0.05, 0) is 13.0 Å². The Hall–Kier alpha value is -1.99. The predicted molar refractivity (Wildman–Crippen MR) is 85.3 cm³/mol. The van der Waals surface area contributed by atoms with Crippen molar-refractivity contribution in [1.29, 1.82) is 0 Å². The van der Waals surface area contributed by atoms with E-state index in [0.29, 0.717) is 25.2 Å². The minimum Gasteiger partial charge on any atom is -0.341 e. The third kappa shape index (κ3) is 4.74. The van der Waals surface area contributed by atoms with E-state index >= 15 is 0 Å². The molecule has 1 aliphatic rings. The summed E-state index contributed by atoms with van der Waals surface area (Å²) >= 11 is 0. The molecular weight excluding hydrogens is 299 g/mol. The number of carbonyl (C=O) groups is 2. The molecule has 1 aromatic carbocycles. The van der Waals surface area contributed by atoms with Crippen LogP contribution >= 0.6 is 0 Å². The summed E-state index contributed by atoms with van der Waals surface area (Å²) in [7, 11) is 1.47. The molecule has 1 heterocycles. The largest absolute Gasteiger partial charge is 0.341 e. The van der Waals surface area contributed by atoms with Gasteiger partial charge in [0.2, 0.25) is 5.91 Å². The molecule has 0 bridgehead atoms. The molecule has 1 aliphatic heterocycles. The summed E-state index contributed by atoms with van der Waals surface area (Å²) in [5.74, 6) is -0.500. The van der Waals surface area contributed by atoms with Crippen molar-refractivity contribution >= 4 is 11.9 Å². The lowest BCUT2D eigenvalue weighted by Crippen LogP contribution is -2.55. The number of amides is 3.